The Bertz CT molecular complexity index is 1090. The highest BCUT2D eigenvalue weighted by atomic mass is 32.2. The number of hydrogen-bond donors (Lipinski definition) is 0. The maximum atomic E-state index is 12.0. The van der Waals surface area contributed by atoms with Gasteiger partial charge in [0.25, 0.3) is 5.56 Å². The molecule has 0 aromatic carbocycles. The molecule has 9 heteroatoms. The second kappa shape index (κ2) is 6.49. The Labute approximate surface area is 152 Å². The molecule has 0 aliphatic heterocycles. The summed E-state index contributed by atoms with van der Waals surface area (Å²) in [5, 5.41) is 11.2. The van der Waals surface area contributed by atoms with Crippen LogP contribution < -0.4 is 5.56 Å². The van der Waals surface area contributed by atoms with Crippen LogP contribution in [0, 0.1) is 0 Å². The number of thioether (sulfide) groups is 1. The molecule has 0 bridgehead atoms. The molecule has 25 heavy (non-hydrogen) atoms. The molecule has 0 unspecified atom stereocenters. The smallest absolute Gasteiger partial charge is 0.258 e. The average molecular weight is 372 g/mol. The van der Waals surface area contributed by atoms with Gasteiger partial charge in [-0.05, 0) is 12.1 Å². The number of hydrogen-bond acceptors (Lipinski definition) is 6. The Morgan fingerprint density at radius 1 is 1.24 bits per heavy atom. The van der Waals surface area contributed by atoms with Crippen molar-refractivity contribution in [2.45, 2.75) is 17.3 Å². The van der Waals surface area contributed by atoms with Crippen LogP contribution in [-0.4, -0.2) is 28.7 Å². The van der Waals surface area contributed by atoms with E-state index in [2.05, 4.69) is 25.8 Å². The predicted octanol–water partition coefficient (Wildman–Crippen LogP) is 2.11. The molecule has 4 aromatic heterocycles. The second-order valence-corrected chi connectivity index (χ2v) is 7.49. The number of rotatable bonds is 5. The van der Waals surface area contributed by atoms with Crippen molar-refractivity contribution in [1.82, 2.24) is 28.7 Å². The molecule has 0 aliphatic carbocycles. The van der Waals surface area contributed by atoms with Gasteiger partial charge in [0, 0.05) is 55.8 Å². The zero-order valence-electron chi connectivity index (χ0n) is 13.8. The van der Waals surface area contributed by atoms with E-state index in [0.29, 0.717) is 10.7 Å². The van der Waals surface area contributed by atoms with E-state index in [0.717, 1.165) is 23.1 Å². The SMILES string of the molecule is Cn1cccc1Cc1nnc(SCc2cc(=O)n3ccsc3n2)n1C. The lowest BCUT2D eigenvalue weighted by molar-refractivity contribution is 0.731. The number of fused-ring (bicyclic) bond motifs is 1. The van der Waals surface area contributed by atoms with Crippen LogP contribution in [0.15, 0.2) is 45.9 Å². The fourth-order valence-corrected chi connectivity index (χ4v) is 4.13. The van der Waals surface area contributed by atoms with Gasteiger partial charge in [-0.15, -0.1) is 21.5 Å². The van der Waals surface area contributed by atoms with E-state index in [-0.39, 0.29) is 5.56 Å². The van der Waals surface area contributed by atoms with E-state index in [9.17, 15) is 4.79 Å². The molecule has 0 spiro atoms. The first-order valence-corrected chi connectivity index (χ1v) is 9.55. The summed E-state index contributed by atoms with van der Waals surface area (Å²) in [4.78, 5) is 17.3. The first kappa shape index (κ1) is 16.1. The van der Waals surface area contributed by atoms with Gasteiger partial charge in [0.05, 0.1) is 5.69 Å². The van der Waals surface area contributed by atoms with Crippen LogP contribution in [0.3, 0.4) is 0 Å². The molecule has 7 nitrogen and oxygen atoms in total. The third-order valence-corrected chi connectivity index (χ3v) is 5.83. The molecule has 0 N–H and O–H groups in total. The van der Waals surface area contributed by atoms with Crippen LogP contribution in [0.4, 0.5) is 0 Å². The maximum Gasteiger partial charge on any atom is 0.258 e. The van der Waals surface area contributed by atoms with Crippen molar-refractivity contribution in [3.05, 3.63) is 63.5 Å². The van der Waals surface area contributed by atoms with E-state index in [1.54, 1.807) is 16.7 Å². The molecule has 0 amide bonds. The summed E-state index contributed by atoms with van der Waals surface area (Å²) in [6.07, 6.45) is 4.49. The molecule has 128 valence electrons. The largest absolute Gasteiger partial charge is 0.354 e. The quantitative estimate of drug-likeness (QED) is 0.502. The summed E-state index contributed by atoms with van der Waals surface area (Å²) < 4.78 is 5.63. The van der Waals surface area contributed by atoms with Crippen LogP contribution >= 0.6 is 23.1 Å². The topological polar surface area (TPSA) is 70.0 Å². The van der Waals surface area contributed by atoms with Crippen LogP contribution in [0.25, 0.3) is 4.96 Å². The number of nitrogens with zero attached hydrogens (tertiary/aromatic N) is 6. The molecule has 0 radical (unpaired) electrons. The molecule has 4 rings (SSSR count). The van der Waals surface area contributed by atoms with Gasteiger partial charge in [-0.25, -0.2) is 4.98 Å². The molecule has 0 fully saturated rings. The predicted molar refractivity (Wildman–Crippen MR) is 98.1 cm³/mol. The van der Waals surface area contributed by atoms with Crippen molar-refractivity contribution in [1.29, 1.82) is 0 Å². The summed E-state index contributed by atoms with van der Waals surface area (Å²) in [5.74, 6) is 1.49. The van der Waals surface area contributed by atoms with Crippen molar-refractivity contribution in [2.75, 3.05) is 0 Å². The second-order valence-electron chi connectivity index (χ2n) is 5.67. The van der Waals surface area contributed by atoms with Crippen molar-refractivity contribution < 1.29 is 0 Å². The molecule has 0 atom stereocenters. The van der Waals surface area contributed by atoms with Gasteiger partial charge in [0.15, 0.2) is 10.1 Å². The van der Waals surface area contributed by atoms with E-state index in [1.165, 1.54) is 28.8 Å². The highest BCUT2D eigenvalue weighted by molar-refractivity contribution is 7.98. The zero-order valence-corrected chi connectivity index (χ0v) is 15.4. The number of aromatic nitrogens is 6. The summed E-state index contributed by atoms with van der Waals surface area (Å²) >= 11 is 2.99. The summed E-state index contributed by atoms with van der Waals surface area (Å²) in [6, 6.07) is 5.68. The van der Waals surface area contributed by atoms with Gasteiger partial charge in [-0.2, -0.15) is 0 Å². The molecule has 0 saturated heterocycles. The van der Waals surface area contributed by atoms with E-state index in [4.69, 9.17) is 0 Å². The summed E-state index contributed by atoms with van der Waals surface area (Å²) in [5.41, 5.74) is 1.89. The third-order valence-electron chi connectivity index (χ3n) is 4.02. The highest BCUT2D eigenvalue weighted by Gasteiger charge is 2.12. The van der Waals surface area contributed by atoms with Crippen LogP contribution in [0.5, 0.6) is 0 Å². The van der Waals surface area contributed by atoms with Crippen molar-refractivity contribution >= 4 is 28.1 Å². The van der Waals surface area contributed by atoms with Crippen LogP contribution in [-0.2, 0) is 26.3 Å². The number of aryl methyl sites for hydroxylation is 1. The number of thiazole rings is 1. The Kier molecular flexibility index (Phi) is 4.18. The lowest BCUT2D eigenvalue weighted by Gasteiger charge is -2.05. The van der Waals surface area contributed by atoms with Gasteiger partial charge in [0.2, 0.25) is 0 Å². The zero-order chi connectivity index (χ0) is 17.4. The van der Waals surface area contributed by atoms with Crippen molar-refractivity contribution in [3.8, 4) is 0 Å². The molecule has 4 aromatic rings. The van der Waals surface area contributed by atoms with Gasteiger partial charge < -0.3 is 9.13 Å². The van der Waals surface area contributed by atoms with Crippen molar-refractivity contribution in [3.63, 3.8) is 0 Å². The monoisotopic (exact) mass is 372 g/mol. The highest BCUT2D eigenvalue weighted by Crippen LogP contribution is 2.21. The lowest BCUT2D eigenvalue weighted by atomic mass is 10.3. The van der Waals surface area contributed by atoms with Gasteiger partial charge in [0.1, 0.15) is 5.82 Å². The van der Waals surface area contributed by atoms with Gasteiger partial charge in [-0.1, -0.05) is 11.8 Å². The molecule has 0 saturated carbocycles. The Hall–Kier alpha value is -2.39. The summed E-state index contributed by atoms with van der Waals surface area (Å²) in [7, 11) is 3.98. The third kappa shape index (κ3) is 3.12. The maximum absolute atomic E-state index is 12.0. The fraction of sp³-hybridized carbons (Fsp3) is 0.250. The van der Waals surface area contributed by atoms with Crippen LogP contribution in [0.1, 0.15) is 17.2 Å². The Balaban J connectivity index is 1.51. The summed E-state index contributed by atoms with van der Waals surface area (Å²) in [6.45, 7) is 0. The van der Waals surface area contributed by atoms with Gasteiger partial charge >= 0.3 is 0 Å². The molecule has 0 aliphatic rings. The van der Waals surface area contributed by atoms with E-state index < -0.39 is 0 Å². The fourth-order valence-electron chi connectivity index (χ4n) is 2.57. The van der Waals surface area contributed by atoms with Crippen LogP contribution in [0.2, 0.25) is 0 Å². The lowest BCUT2D eigenvalue weighted by Crippen LogP contribution is -2.12. The minimum Gasteiger partial charge on any atom is -0.354 e. The standard InChI is InChI=1S/C16H16N6OS2/c1-20-5-3-4-12(20)9-13-18-19-16(21(13)2)25-10-11-8-14(23)22-6-7-24-15(22)17-11/h3-8H,9-10H2,1-2H3. The first-order chi connectivity index (χ1) is 12.1. The minimum absolute atomic E-state index is 0.0517. The normalized spacial score (nSPS) is 11.4. The van der Waals surface area contributed by atoms with E-state index >= 15 is 0 Å². The Morgan fingerprint density at radius 2 is 2.12 bits per heavy atom. The molecular weight excluding hydrogens is 356 g/mol. The molecular formula is C16H16N6OS2. The van der Waals surface area contributed by atoms with E-state index in [1.807, 2.05) is 36.3 Å². The minimum atomic E-state index is -0.0517. The Morgan fingerprint density at radius 3 is 2.92 bits per heavy atom. The first-order valence-electron chi connectivity index (χ1n) is 7.69. The average Bonchev–Trinajstić information content (AvgIpc) is 3.29. The molecule has 4 heterocycles. The van der Waals surface area contributed by atoms with Crippen molar-refractivity contribution in [2.24, 2.45) is 14.1 Å². The van der Waals surface area contributed by atoms with Gasteiger partial charge in [-0.3, -0.25) is 9.20 Å².